The molecule has 138 valence electrons. The highest BCUT2D eigenvalue weighted by atomic mass is 15.1. The summed E-state index contributed by atoms with van der Waals surface area (Å²) in [6.45, 7) is 3.67. The third kappa shape index (κ3) is 2.50. The molecule has 0 bridgehead atoms. The monoisotopic (exact) mass is 356 g/mol. The van der Waals surface area contributed by atoms with Crippen LogP contribution in [0.5, 0.6) is 0 Å². The molecule has 6 rings (SSSR count). The third-order valence-corrected chi connectivity index (χ3v) is 7.22. The number of para-hydroxylation sites is 2. The molecular weight excluding hydrogens is 328 g/mol. The average molecular weight is 357 g/mol. The molecule has 2 heteroatoms. The van der Waals surface area contributed by atoms with Crippen LogP contribution < -0.4 is 0 Å². The highest BCUT2D eigenvalue weighted by Crippen LogP contribution is 2.39. The molecule has 0 saturated heterocycles. The summed E-state index contributed by atoms with van der Waals surface area (Å²) in [7, 11) is 0. The molecule has 3 heterocycles. The van der Waals surface area contributed by atoms with Gasteiger partial charge in [0.1, 0.15) is 0 Å². The zero-order chi connectivity index (χ0) is 17.8. The number of aryl methyl sites for hydroxylation is 2. The molecule has 0 spiro atoms. The lowest BCUT2D eigenvalue weighted by Crippen LogP contribution is -2.34. The minimum Gasteiger partial charge on any atom is -0.313 e. The molecule has 27 heavy (non-hydrogen) atoms. The van der Waals surface area contributed by atoms with Crippen molar-refractivity contribution in [2.45, 2.75) is 51.5 Å². The van der Waals surface area contributed by atoms with E-state index in [1.165, 1.54) is 72.9 Å². The van der Waals surface area contributed by atoms with E-state index in [9.17, 15) is 0 Å². The quantitative estimate of drug-likeness (QED) is 0.607. The SMILES string of the molecule is c1ccc2c(c1)CCc1cccc3c4c(n-2c13)CCN(CC1CCCC1)C4. The minimum absolute atomic E-state index is 0.940. The molecule has 1 saturated carbocycles. The van der Waals surface area contributed by atoms with Gasteiger partial charge in [0, 0.05) is 42.8 Å². The van der Waals surface area contributed by atoms with Crippen LogP contribution in [-0.4, -0.2) is 22.6 Å². The predicted molar refractivity (Wildman–Crippen MR) is 112 cm³/mol. The van der Waals surface area contributed by atoms with Crippen LogP contribution in [-0.2, 0) is 25.8 Å². The van der Waals surface area contributed by atoms with Crippen molar-refractivity contribution in [3.8, 4) is 5.69 Å². The van der Waals surface area contributed by atoms with Crippen LogP contribution in [0.3, 0.4) is 0 Å². The molecule has 0 unspecified atom stereocenters. The van der Waals surface area contributed by atoms with Crippen LogP contribution in [0.4, 0.5) is 0 Å². The lowest BCUT2D eigenvalue weighted by Gasteiger charge is -2.30. The molecule has 3 aromatic rings. The van der Waals surface area contributed by atoms with Crippen molar-refractivity contribution in [3.63, 3.8) is 0 Å². The first-order chi connectivity index (χ1) is 13.4. The Labute approximate surface area is 161 Å². The molecule has 3 aliphatic rings. The molecule has 2 aromatic carbocycles. The summed E-state index contributed by atoms with van der Waals surface area (Å²) in [4.78, 5) is 2.74. The summed E-state index contributed by atoms with van der Waals surface area (Å²) in [5.74, 6) is 0.940. The zero-order valence-corrected chi connectivity index (χ0v) is 16.1. The van der Waals surface area contributed by atoms with Crippen molar-refractivity contribution in [1.82, 2.24) is 9.47 Å². The molecule has 1 aliphatic carbocycles. The summed E-state index contributed by atoms with van der Waals surface area (Å²) >= 11 is 0. The maximum atomic E-state index is 2.74. The Morgan fingerprint density at radius 2 is 1.67 bits per heavy atom. The summed E-state index contributed by atoms with van der Waals surface area (Å²) in [5.41, 5.74) is 9.14. The van der Waals surface area contributed by atoms with Crippen LogP contribution in [0.2, 0.25) is 0 Å². The summed E-state index contributed by atoms with van der Waals surface area (Å²) in [6, 6.07) is 16.1. The summed E-state index contributed by atoms with van der Waals surface area (Å²) < 4.78 is 2.63. The molecule has 2 aliphatic heterocycles. The van der Waals surface area contributed by atoms with Crippen LogP contribution >= 0.6 is 0 Å². The van der Waals surface area contributed by atoms with E-state index < -0.39 is 0 Å². The van der Waals surface area contributed by atoms with E-state index in [-0.39, 0.29) is 0 Å². The molecule has 1 aromatic heterocycles. The van der Waals surface area contributed by atoms with Gasteiger partial charge in [0.05, 0.1) is 5.52 Å². The highest BCUT2D eigenvalue weighted by Gasteiger charge is 2.29. The topological polar surface area (TPSA) is 8.17 Å². The van der Waals surface area contributed by atoms with Crippen molar-refractivity contribution in [1.29, 1.82) is 0 Å². The molecule has 0 N–H and O–H groups in total. The zero-order valence-electron chi connectivity index (χ0n) is 16.1. The van der Waals surface area contributed by atoms with E-state index in [4.69, 9.17) is 0 Å². The number of hydrogen-bond donors (Lipinski definition) is 0. The van der Waals surface area contributed by atoms with Crippen molar-refractivity contribution < 1.29 is 0 Å². The molecular formula is C25H28N2. The number of rotatable bonds is 2. The van der Waals surface area contributed by atoms with Crippen molar-refractivity contribution >= 4 is 10.9 Å². The second-order valence-electron chi connectivity index (χ2n) is 8.84. The van der Waals surface area contributed by atoms with E-state index in [2.05, 4.69) is 51.9 Å². The van der Waals surface area contributed by atoms with E-state index in [0.29, 0.717) is 0 Å². The molecule has 2 nitrogen and oxygen atoms in total. The van der Waals surface area contributed by atoms with Crippen LogP contribution in [0.1, 0.15) is 48.1 Å². The van der Waals surface area contributed by atoms with Gasteiger partial charge in [-0.2, -0.15) is 0 Å². The maximum absolute atomic E-state index is 2.74. The predicted octanol–water partition coefficient (Wildman–Crippen LogP) is 5.28. The normalized spacial score (nSPS) is 19.9. The Morgan fingerprint density at radius 3 is 2.59 bits per heavy atom. The third-order valence-electron chi connectivity index (χ3n) is 7.22. The smallest absolute Gasteiger partial charge is 0.0567 e. The van der Waals surface area contributed by atoms with Crippen molar-refractivity contribution in [2.75, 3.05) is 13.1 Å². The van der Waals surface area contributed by atoms with Crippen LogP contribution in [0, 0.1) is 5.92 Å². The van der Waals surface area contributed by atoms with Crippen molar-refractivity contribution in [3.05, 3.63) is 64.8 Å². The van der Waals surface area contributed by atoms with Gasteiger partial charge in [-0.05, 0) is 54.4 Å². The lowest BCUT2D eigenvalue weighted by atomic mass is 9.98. The summed E-state index contributed by atoms with van der Waals surface area (Å²) in [6.07, 6.45) is 9.28. The lowest BCUT2D eigenvalue weighted by molar-refractivity contribution is 0.214. The van der Waals surface area contributed by atoms with E-state index in [1.54, 1.807) is 11.3 Å². The van der Waals surface area contributed by atoms with Crippen LogP contribution in [0.15, 0.2) is 42.5 Å². The average Bonchev–Trinajstić information content (AvgIpc) is 3.28. The first-order valence-electron chi connectivity index (χ1n) is 10.8. The molecule has 1 fully saturated rings. The van der Waals surface area contributed by atoms with Crippen LogP contribution in [0.25, 0.3) is 16.6 Å². The standard InChI is InChI=1S/C25H28N2/c1-2-7-18(6-1)16-26-15-14-24-22(17-26)21-10-5-9-20-13-12-19-8-3-4-11-23(19)27(24)25(20)21/h3-5,8-11,18H,1-2,6-7,12-17H2. The van der Waals surface area contributed by atoms with Gasteiger partial charge in [0.2, 0.25) is 0 Å². The van der Waals surface area contributed by atoms with Gasteiger partial charge in [-0.1, -0.05) is 49.2 Å². The van der Waals surface area contributed by atoms with Gasteiger partial charge >= 0.3 is 0 Å². The Morgan fingerprint density at radius 1 is 0.852 bits per heavy atom. The fraction of sp³-hybridized carbons (Fsp3) is 0.440. The van der Waals surface area contributed by atoms with E-state index >= 15 is 0 Å². The highest BCUT2D eigenvalue weighted by molar-refractivity contribution is 5.91. The first kappa shape index (κ1) is 15.9. The number of nitrogens with zero attached hydrogens (tertiary/aromatic N) is 2. The fourth-order valence-electron chi connectivity index (χ4n) is 5.92. The Bertz CT molecular complexity index is 1010. The van der Waals surface area contributed by atoms with E-state index in [0.717, 1.165) is 25.3 Å². The molecule has 0 atom stereocenters. The Kier molecular flexibility index (Phi) is 3.68. The summed E-state index contributed by atoms with van der Waals surface area (Å²) in [5, 5.41) is 1.51. The second-order valence-corrected chi connectivity index (χ2v) is 8.84. The number of fused-ring (bicyclic) bond motifs is 5. The second kappa shape index (κ2) is 6.24. The van der Waals surface area contributed by atoms with Crippen molar-refractivity contribution in [2.24, 2.45) is 5.92 Å². The van der Waals surface area contributed by atoms with Gasteiger partial charge < -0.3 is 4.57 Å². The van der Waals surface area contributed by atoms with E-state index in [1.807, 2.05) is 0 Å². The number of benzene rings is 2. The van der Waals surface area contributed by atoms with Gasteiger partial charge in [0.25, 0.3) is 0 Å². The van der Waals surface area contributed by atoms with Gasteiger partial charge in [-0.3, -0.25) is 4.90 Å². The minimum atomic E-state index is 0.940. The largest absolute Gasteiger partial charge is 0.313 e. The molecule has 0 radical (unpaired) electrons. The van der Waals surface area contributed by atoms with Gasteiger partial charge in [-0.25, -0.2) is 0 Å². The fourth-order valence-corrected chi connectivity index (χ4v) is 5.92. The molecule has 0 amide bonds. The maximum Gasteiger partial charge on any atom is 0.0567 e. The Hall–Kier alpha value is -2.06. The van der Waals surface area contributed by atoms with Gasteiger partial charge in [-0.15, -0.1) is 0 Å². The van der Waals surface area contributed by atoms with Gasteiger partial charge in [0.15, 0.2) is 0 Å². The number of aromatic nitrogens is 1. The Balaban J connectivity index is 1.49. The first-order valence-corrected chi connectivity index (χ1v) is 10.8. The number of hydrogen-bond acceptors (Lipinski definition) is 1.